The fraction of sp³-hybridized carbons (Fsp3) is 0.625. The molecule has 1 aromatic heterocycles. The topological polar surface area (TPSA) is 23.5 Å². The van der Waals surface area contributed by atoms with Crippen molar-refractivity contribution >= 4 is 11.3 Å². The van der Waals surface area contributed by atoms with E-state index >= 15 is 0 Å². The molecule has 1 aromatic rings. The van der Waals surface area contributed by atoms with Gasteiger partial charge in [0.2, 0.25) is 0 Å². The molecule has 104 valence electrons. The lowest BCUT2D eigenvalue weighted by Crippen LogP contribution is -2.45. The minimum atomic E-state index is -0.0660. The summed E-state index contributed by atoms with van der Waals surface area (Å²) in [6.07, 6.45) is 1.33. The van der Waals surface area contributed by atoms with Gasteiger partial charge < -0.3 is 5.11 Å². The van der Waals surface area contributed by atoms with Crippen LogP contribution in [0.4, 0.5) is 0 Å². The SMILES string of the molecule is CC1CC(C)C(C)N(Cc2sccc2C#CCO)C1. The number of aliphatic hydroxyl groups excluding tert-OH is 1. The van der Waals surface area contributed by atoms with E-state index in [2.05, 4.69) is 49.0 Å². The standard InChI is InChI=1S/C16H23NOS/c1-12-9-13(2)14(3)17(10-12)11-16-15(5-4-7-18)6-8-19-16/h6,8,12-14,18H,7,9-11H2,1-3H3. The molecule has 1 aliphatic rings. The van der Waals surface area contributed by atoms with E-state index in [1.807, 2.05) is 0 Å². The van der Waals surface area contributed by atoms with Crippen LogP contribution in [0.1, 0.15) is 37.6 Å². The number of hydrogen-bond donors (Lipinski definition) is 1. The summed E-state index contributed by atoms with van der Waals surface area (Å²) in [5, 5.41) is 10.9. The summed E-state index contributed by atoms with van der Waals surface area (Å²) in [6, 6.07) is 2.70. The molecule has 0 aliphatic carbocycles. The second kappa shape index (κ2) is 6.56. The zero-order chi connectivity index (χ0) is 13.8. The van der Waals surface area contributed by atoms with Crippen molar-refractivity contribution < 1.29 is 5.11 Å². The van der Waals surface area contributed by atoms with Crippen molar-refractivity contribution in [2.45, 2.75) is 39.8 Å². The smallest absolute Gasteiger partial charge is 0.104 e. The molecule has 3 unspecified atom stereocenters. The van der Waals surface area contributed by atoms with Crippen molar-refractivity contribution in [3.63, 3.8) is 0 Å². The van der Waals surface area contributed by atoms with Gasteiger partial charge in [-0.15, -0.1) is 11.3 Å². The minimum absolute atomic E-state index is 0.0660. The van der Waals surface area contributed by atoms with Gasteiger partial charge in [-0.2, -0.15) is 0 Å². The Balaban J connectivity index is 2.10. The zero-order valence-electron chi connectivity index (χ0n) is 12.0. The van der Waals surface area contributed by atoms with Gasteiger partial charge in [0, 0.05) is 29.6 Å². The largest absolute Gasteiger partial charge is 0.384 e. The molecule has 2 nitrogen and oxygen atoms in total. The van der Waals surface area contributed by atoms with Crippen LogP contribution in [0.25, 0.3) is 0 Å². The molecule has 0 spiro atoms. The van der Waals surface area contributed by atoms with Gasteiger partial charge in [0.15, 0.2) is 0 Å². The molecule has 1 N–H and O–H groups in total. The number of hydrogen-bond acceptors (Lipinski definition) is 3. The van der Waals surface area contributed by atoms with Crippen molar-refractivity contribution in [2.75, 3.05) is 13.2 Å². The third-order valence-corrected chi connectivity index (χ3v) is 5.02. The lowest BCUT2D eigenvalue weighted by Gasteiger charge is -2.41. The maximum absolute atomic E-state index is 8.81. The second-order valence-electron chi connectivity index (χ2n) is 5.71. The maximum Gasteiger partial charge on any atom is 0.104 e. The predicted octanol–water partition coefficient (Wildman–Crippen LogP) is 2.96. The van der Waals surface area contributed by atoms with Gasteiger partial charge in [-0.05, 0) is 36.6 Å². The first-order valence-corrected chi connectivity index (χ1v) is 7.90. The number of piperidine rings is 1. The quantitative estimate of drug-likeness (QED) is 0.840. The number of likely N-dealkylation sites (tertiary alicyclic amines) is 1. The highest BCUT2D eigenvalue weighted by Gasteiger charge is 2.29. The van der Waals surface area contributed by atoms with Crippen molar-refractivity contribution in [1.29, 1.82) is 0 Å². The van der Waals surface area contributed by atoms with E-state index in [0.29, 0.717) is 6.04 Å². The molecule has 0 bridgehead atoms. The Bertz CT molecular complexity index is 471. The monoisotopic (exact) mass is 277 g/mol. The Hall–Kier alpha value is -0.820. The molecule has 1 aliphatic heterocycles. The van der Waals surface area contributed by atoms with Gasteiger partial charge >= 0.3 is 0 Å². The predicted molar refractivity (Wildman–Crippen MR) is 81.1 cm³/mol. The third-order valence-electron chi connectivity index (χ3n) is 4.11. The van der Waals surface area contributed by atoms with Crippen LogP contribution < -0.4 is 0 Å². The lowest BCUT2D eigenvalue weighted by molar-refractivity contribution is 0.0738. The first kappa shape index (κ1) is 14.6. The molecule has 1 saturated heterocycles. The van der Waals surface area contributed by atoms with Gasteiger partial charge in [0.1, 0.15) is 6.61 Å². The minimum Gasteiger partial charge on any atom is -0.384 e. The number of thiophene rings is 1. The van der Waals surface area contributed by atoms with Crippen LogP contribution in [-0.2, 0) is 6.54 Å². The Kier molecular flexibility index (Phi) is 5.04. The highest BCUT2D eigenvalue weighted by atomic mass is 32.1. The van der Waals surface area contributed by atoms with Crippen molar-refractivity contribution in [3.05, 3.63) is 21.9 Å². The third kappa shape index (κ3) is 3.60. The molecule has 3 atom stereocenters. The Morgan fingerprint density at radius 1 is 1.42 bits per heavy atom. The van der Waals surface area contributed by atoms with E-state index in [1.165, 1.54) is 17.8 Å². The highest BCUT2D eigenvalue weighted by Crippen LogP contribution is 2.29. The molecule has 2 rings (SSSR count). The molecular formula is C16H23NOS. The summed E-state index contributed by atoms with van der Waals surface area (Å²) in [6.45, 7) is 9.14. The molecular weight excluding hydrogens is 254 g/mol. The number of rotatable bonds is 2. The fourth-order valence-electron chi connectivity index (χ4n) is 2.93. The summed E-state index contributed by atoms with van der Waals surface area (Å²) < 4.78 is 0. The molecule has 2 heterocycles. The fourth-order valence-corrected chi connectivity index (χ4v) is 3.79. The summed E-state index contributed by atoms with van der Waals surface area (Å²) in [5.74, 6) is 7.34. The van der Waals surface area contributed by atoms with Crippen LogP contribution in [0.3, 0.4) is 0 Å². The van der Waals surface area contributed by atoms with Crippen LogP contribution >= 0.6 is 11.3 Å². The maximum atomic E-state index is 8.81. The summed E-state index contributed by atoms with van der Waals surface area (Å²) >= 11 is 1.77. The van der Waals surface area contributed by atoms with Crippen LogP contribution in [0.5, 0.6) is 0 Å². The number of nitrogens with zero attached hydrogens (tertiary/aromatic N) is 1. The first-order chi connectivity index (χ1) is 9.11. The normalized spacial score (nSPS) is 27.9. The second-order valence-corrected chi connectivity index (χ2v) is 6.71. The highest BCUT2D eigenvalue weighted by molar-refractivity contribution is 7.10. The van der Waals surface area contributed by atoms with Gasteiger partial charge in [-0.1, -0.05) is 25.7 Å². The van der Waals surface area contributed by atoms with E-state index in [0.717, 1.165) is 23.9 Å². The average molecular weight is 277 g/mol. The Morgan fingerprint density at radius 3 is 2.95 bits per heavy atom. The van der Waals surface area contributed by atoms with Gasteiger partial charge in [-0.3, -0.25) is 4.90 Å². The van der Waals surface area contributed by atoms with E-state index in [-0.39, 0.29) is 6.61 Å². The van der Waals surface area contributed by atoms with Crippen molar-refractivity contribution in [2.24, 2.45) is 11.8 Å². The molecule has 1 fully saturated rings. The molecule has 0 saturated carbocycles. The summed E-state index contributed by atoms with van der Waals surface area (Å²) in [7, 11) is 0. The van der Waals surface area contributed by atoms with Gasteiger partial charge in [-0.25, -0.2) is 0 Å². The Morgan fingerprint density at radius 2 is 2.21 bits per heavy atom. The zero-order valence-corrected chi connectivity index (χ0v) is 12.8. The van der Waals surface area contributed by atoms with Crippen LogP contribution in [0.15, 0.2) is 11.4 Å². The van der Waals surface area contributed by atoms with E-state index in [1.54, 1.807) is 11.3 Å². The molecule has 0 aromatic carbocycles. The molecule has 3 heteroatoms. The van der Waals surface area contributed by atoms with Gasteiger partial charge in [0.25, 0.3) is 0 Å². The van der Waals surface area contributed by atoms with Crippen molar-refractivity contribution in [3.8, 4) is 11.8 Å². The average Bonchev–Trinajstić information content (AvgIpc) is 2.80. The molecule has 19 heavy (non-hydrogen) atoms. The molecule has 0 amide bonds. The first-order valence-electron chi connectivity index (χ1n) is 7.02. The van der Waals surface area contributed by atoms with Crippen molar-refractivity contribution in [1.82, 2.24) is 4.90 Å². The van der Waals surface area contributed by atoms with E-state index < -0.39 is 0 Å². The lowest BCUT2D eigenvalue weighted by atomic mass is 9.86. The van der Waals surface area contributed by atoms with Crippen LogP contribution in [0, 0.1) is 23.7 Å². The van der Waals surface area contributed by atoms with Gasteiger partial charge in [0.05, 0.1) is 0 Å². The summed E-state index contributed by atoms with van der Waals surface area (Å²) in [5.41, 5.74) is 1.08. The van der Waals surface area contributed by atoms with E-state index in [9.17, 15) is 0 Å². The molecule has 0 radical (unpaired) electrons. The Labute approximate surface area is 120 Å². The summed E-state index contributed by atoms with van der Waals surface area (Å²) in [4.78, 5) is 3.91. The van der Waals surface area contributed by atoms with E-state index in [4.69, 9.17) is 5.11 Å². The van der Waals surface area contributed by atoms with Crippen LogP contribution in [-0.4, -0.2) is 29.2 Å². The van der Waals surface area contributed by atoms with Crippen LogP contribution in [0.2, 0.25) is 0 Å². The number of aliphatic hydroxyl groups is 1.